The number of sulfonamides is 1. The fourth-order valence-electron chi connectivity index (χ4n) is 1.83. The van der Waals surface area contributed by atoms with Crippen LogP contribution < -0.4 is 15.2 Å². The van der Waals surface area contributed by atoms with E-state index in [1.807, 2.05) is 0 Å². The maximum atomic E-state index is 12.2. The molecular weight excluding hydrogens is 356 g/mol. The molecule has 0 unspecified atom stereocenters. The van der Waals surface area contributed by atoms with Crippen LogP contribution in [0.1, 0.15) is 5.56 Å². The monoisotopic (exact) mass is 370 g/mol. The van der Waals surface area contributed by atoms with Gasteiger partial charge in [-0.3, -0.25) is 0 Å². The summed E-state index contributed by atoms with van der Waals surface area (Å²) < 4.78 is 32.9. The van der Waals surface area contributed by atoms with Crippen molar-refractivity contribution >= 4 is 31.6 Å². The zero-order valence-corrected chi connectivity index (χ0v) is 13.7. The van der Waals surface area contributed by atoms with Crippen molar-refractivity contribution in [3.63, 3.8) is 0 Å². The second-order valence-corrected chi connectivity index (χ2v) is 7.04. The maximum Gasteiger partial charge on any atom is 0.240 e. The van der Waals surface area contributed by atoms with Gasteiger partial charge in [0.2, 0.25) is 10.0 Å². The van der Waals surface area contributed by atoms with Gasteiger partial charge in [-0.05, 0) is 36.4 Å². The fraction of sp³-hybridized carbons (Fsp3) is 0.143. The molecular formula is C14H15BrN2O3S. The van der Waals surface area contributed by atoms with Crippen molar-refractivity contribution in [2.45, 2.75) is 11.4 Å². The van der Waals surface area contributed by atoms with Gasteiger partial charge in [0.05, 0.1) is 12.0 Å². The first-order valence-corrected chi connectivity index (χ1v) is 8.37. The number of nitrogen functional groups attached to an aromatic ring is 1. The van der Waals surface area contributed by atoms with E-state index >= 15 is 0 Å². The van der Waals surface area contributed by atoms with E-state index in [1.165, 1.54) is 13.2 Å². The Morgan fingerprint density at radius 3 is 2.67 bits per heavy atom. The van der Waals surface area contributed by atoms with Gasteiger partial charge in [0.15, 0.2) is 0 Å². The van der Waals surface area contributed by atoms with Gasteiger partial charge in [-0.25, -0.2) is 13.1 Å². The minimum atomic E-state index is -3.60. The molecule has 21 heavy (non-hydrogen) atoms. The molecule has 0 spiro atoms. The highest BCUT2D eigenvalue weighted by molar-refractivity contribution is 9.10. The molecule has 0 aliphatic heterocycles. The van der Waals surface area contributed by atoms with Crippen molar-refractivity contribution in [3.05, 3.63) is 52.5 Å². The Hall–Kier alpha value is -1.57. The molecule has 0 aliphatic carbocycles. The van der Waals surface area contributed by atoms with E-state index in [9.17, 15) is 8.42 Å². The highest BCUT2D eigenvalue weighted by atomic mass is 79.9. The second kappa shape index (κ2) is 6.46. The van der Waals surface area contributed by atoms with Crippen molar-refractivity contribution in [1.82, 2.24) is 4.72 Å². The van der Waals surface area contributed by atoms with Crippen LogP contribution in [0.2, 0.25) is 0 Å². The minimum absolute atomic E-state index is 0.100. The lowest BCUT2D eigenvalue weighted by atomic mass is 10.2. The summed E-state index contributed by atoms with van der Waals surface area (Å²) in [5, 5.41) is 0. The average molecular weight is 371 g/mol. The molecule has 7 heteroatoms. The van der Waals surface area contributed by atoms with E-state index in [-0.39, 0.29) is 11.4 Å². The average Bonchev–Trinajstić information content (AvgIpc) is 2.45. The number of nitrogens with two attached hydrogens (primary N) is 1. The van der Waals surface area contributed by atoms with Gasteiger partial charge in [0.1, 0.15) is 5.75 Å². The number of hydrogen-bond donors (Lipinski definition) is 2. The van der Waals surface area contributed by atoms with Gasteiger partial charge >= 0.3 is 0 Å². The molecule has 0 aromatic heterocycles. The fourth-order valence-corrected chi connectivity index (χ4v) is 3.43. The van der Waals surface area contributed by atoms with E-state index < -0.39 is 10.0 Å². The van der Waals surface area contributed by atoms with Crippen LogP contribution in [0.5, 0.6) is 5.75 Å². The molecule has 0 atom stereocenters. The van der Waals surface area contributed by atoms with Gasteiger partial charge in [-0.1, -0.05) is 22.0 Å². The molecule has 2 aromatic rings. The summed E-state index contributed by atoms with van der Waals surface area (Å²) in [5.41, 5.74) is 6.94. The summed E-state index contributed by atoms with van der Waals surface area (Å²) in [4.78, 5) is 0.194. The van der Waals surface area contributed by atoms with Crippen molar-refractivity contribution in [2.24, 2.45) is 0 Å². The molecule has 112 valence electrons. The zero-order valence-electron chi connectivity index (χ0n) is 11.3. The molecule has 0 bridgehead atoms. The molecule has 0 radical (unpaired) electrons. The second-order valence-electron chi connectivity index (χ2n) is 4.35. The highest BCUT2D eigenvalue weighted by Crippen LogP contribution is 2.22. The molecule has 5 nitrogen and oxygen atoms in total. The topological polar surface area (TPSA) is 81.4 Å². The van der Waals surface area contributed by atoms with E-state index in [0.717, 1.165) is 0 Å². The van der Waals surface area contributed by atoms with Gasteiger partial charge in [0, 0.05) is 22.3 Å². The van der Waals surface area contributed by atoms with Crippen molar-refractivity contribution < 1.29 is 13.2 Å². The quantitative estimate of drug-likeness (QED) is 0.792. The first-order chi connectivity index (χ1) is 9.92. The smallest absolute Gasteiger partial charge is 0.240 e. The van der Waals surface area contributed by atoms with Crippen LogP contribution >= 0.6 is 15.9 Å². The Bertz CT molecular complexity index is 748. The first-order valence-electron chi connectivity index (χ1n) is 6.10. The van der Waals surface area contributed by atoms with Crippen molar-refractivity contribution in [2.75, 3.05) is 12.8 Å². The Morgan fingerprint density at radius 2 is 2.00 bits per heavy atom. The van der Waals surface area contributed by atoms with Crippen LogP contribution in [0, 0.1) is 0 Å². The van der Waals surface area contributed by atoms with Gasteiger partial charge in [0.25, 0.3) is 0 Å². The van der Waals surface area contributed by atoms with Crippen LogP contribution in [0.15, 0.2) is 51.8 Å². The SMILES string of the molecule is COc1ccc(N)cc1CNS(=O)(=O)c1cccc(Br)c1. The summed E-state index contributed by atoms with van der Waals surface area (Å²) >= 11 is 3.25. The van der Waals surface area contributed by atoms with Gasteiger partial charge < -0.3 is 10.5 Å². The molecule has 3 N–H and O–H groups in total. The van der Waals surface area contributed by atoms with Crippen molar-refractivity contribution in [3.8, 4) is 5.75 Å². The van der Waals surface area contributed by atoms with Crippen LogP contribution in [0.25, 0.3) is 0 Å². The molecule has 0 aliphatic rings. The van der Waals surface area contributed by atoms with Crippen LogP contribution in [0.3, 0.4) is 0 Å². The molecule has 0 amide bonds. The number of halogens is 1. The first kappa shape index (κ1) is 15.8. The lowest BCUT2D eigenvalue weighted by molar-refractivity contribution is 0.409. The normalized spacial score (nSPS) is 11.3. The van der Waals surface area contributed by atoms with E-state index in [4.69, 9.17) is 10.5 Å². The van der Waals surface area contributed by atoms with Crippen LogP contribution in [-0.2, 0) is 16.6 Å². The van der Waals surface area contributed by atoms with E-state index in [1.54, 1.807) is 36.4 Å². The molecule has 2 aromatic carbocycles. The van der Waals surface area contributed by atoms with Crippen molar-refractivity contribution in [1.29, 1.82) is 0 Å². The number of methoxy groups -OCH3 is 1. The number of ether oxygens (including phenoxy) is 1. The Labute approximate surface area is 132 Å². The highest BCUT2D eigenvalue weighted by Gasteiger charge is 2.15. The Kier molecular flexibility index (Phi) is 4.87. The summed E-state index contributed by atoms with van der Waals surface area (Å²) in [6, 6.07) is 11.6. The molecule has 0 heterocycles. The zero-order chi connectivity index (χ0) is 15.5. The third-order valence-electron chi connectivity index (χ3n) is 2.86. The summed E-state index contributed by atoms with van der Waals surface area (Å²) in [5.74, 6) is 0.584. The third kappa shape index (κ3) is 3.96. The summed E-state index contributed by atoms with van der Waals surface area (Å²) in [7, 11) is -2.07. The lowest BCUT2D eigenvalue weighted by Crippen LogP contribution is -2.23. The largest absolute Gasteiger partial charge is 0.496 e. The van der Waals surface area contributed by atoms with Crippen LogP contribution in [-0.4, -0.2) is 15.5 Å². The van der Waals surface area contributed by atoms with Crippen LogP contribution in [0.4, 0.5) is 5.69 Å². The standard InChI is InChI=1S/C14H15BrN2O3S/c1-20-14-6-5-12(16)7-10(14)9-17-21(18,19)13-4-2-3-11(15)8-13/h2-8,17H,9,16H2,1H3. The Morgan fingerprint density at radius 1 is 1.24 bits per heavy atom. The predicted octanol–water partition coefficient (Wildman–Crippen LogP) is 2.52. The number of rotatable bonds is 5. The molecule has 2 rings (SSSR count). The van der Waals surface area contributed by atoms with Gasteiger partial charge in [-0.2, -0.15) is 0 Å². The third-order valence-corrected chi connectivity index (χ3v) is 4.76. The predicted molar refractivity (Wildman–Crippen MR) is 85.6 cm³/mol. The minimum Gasteiger partial charge on any atom is -0.496 e. The Balaban J connectivity index is 2.21. The van der Waals surface area contributed by atoms with Gasteiger partial charge in [-0.15, -0.1) is 0 Å². The lowest BCUT2D eigenvalue weighted by Gasteiger charge is -2.11. The number of anilines is 1. The maximum absolute atomic E-state index is 12.2. The number of nitrogens with one attached hydrogen (secondary N) is 1. The molecule has 0 saturated carbocycles. The van der Waals surface area contributed by atoms with E-state index in [0.29, 0.717) is 21.5 Å². The summed E-state index contributed by atoms with van der Waals surface area (Å²) in [6.07, 6.45) is 0. The summed E-state index contributed by atoms with van der Waals surface area (Å²) in [6.45, 7) is 0.100. The number of hydrogen-bond acceptors (Lipinski definition) is 4. The molecule has 0 fully saturated rings. The molecule has 0 saturated heterocycles. The number of benzene rings is 2. The van der Waals surface area contributed by atoms with E-state index in [2.05, 4.69) is 20.7 Å².